The zero-order chi connectivity index (χ0) is 24.3. The first-order valence-corrected chi connectivity index (χ1v) is 13.3. The summed E-state index contributed by atoms with van der Waals surface area (Å²) in [6.07, 6.45) is 8.55. The fourth-order valence-electron chi connectivity index (χ4n) is 6.05. The third-order valence-electron chi connectivity index (χ3n) is 8.05. The molecule has 5 heterocycles. The Bertz CT molecular complexity index is 1760. The maximum absolute atomic E-state index is 6.40. The van der Waals surface area contributed by atoms with Crippen molar-refractivity contribution in [3.8, 4) is 22.5 Å². The van der Waals surface area contributed by atoms with Gasteiger partial charge < -0.3 is 25.0 Å². The van der Waals surface area contributed by atoms with E-state index in [1.54, 1.807) is 0 Å². The molecule has 6 aromatic rings. The minimum absolute atomic E-state index is 0.330. The summed E-state index contributed by atoms with van der Waals surface area (Å²) in [5.74, 6) is 2.05. The molecule has 0 spiro atoms. The molecule has 184 valence electrons. The van der Waals surface area contributed by atoms with Crippen LogP contribution >= 0.6 is 0 Å². The van der Waals surface area contributed by atoms with Crippen LogP contribution in [0.2, 0.25) is 0 Å². The third-order valence-corrected chi connectivity index (χ3v) is 8.05. The quantitative estimate of drug-likeness (QED) is 0.231. The molecule has 3 aromatic heterocycles. The molecule has 0 radical (unpaired) electrons. The van der Waals surface area contributed by atoms with E-state index in [0.717, 1.165) is 92.8 Å². The largest absolute Gasteiger partial charge is 0.455 e. The van der Waals surface area contributed by atoms with Gasteiger partial charge in [-0.05, 0) is 80.6 Å². The fraction of sp³-hybridized carbons (Fsp3) is 0.267. The predicted octanol–water partition coefficient (Wildman–Crippen LogP) is 6.37. The van der Waals surface area contributed by atoms with E-state index < -0.39 is 0 Å². The average Bonchev–Trinajstić information content (AvgIpc) is 3.76. The summed E-state index contributed by atoms with van der Waals surface area (Å²) in [5.41, 5.74) is 6.17. The van der Waals surface area contributed by atoms with Crippen LogP contribution in [0.5, 0.6) is 0 Å². The monoisotopic (exact) mass is 488 g/mol. The second-order valence-corrected chi connectivity index (χ2v) is 10.4. The molecule has 0 aliphatic carbocycles. The normalized spacial score (nSPS) is 20.1. The van der Waals surface area contributed by atoms with Crippen molar-refractivity contribution >= 4 is 32.7 Å². The Kier molecular flexibility index (Phi) is 4.75. The smallest absolute Gasteiger partial charge is 0.143 e. The average molecular weight is 489 g/mol. The SMILES string of the molecule is c1cc2c(ccc3c4cc(-c5cnc(C6CCCN6)[nH]5)ccc4oc23)cc1-c1cnc(C2CCCN2)[nH]1. The Morgan fingerprint density at radius 3 is 2.00 bits per heavy atom. The van der Waals surface area contributed by atoms with Crippen molar-refractivity contribution in [2.45, 2.75) is 37.8 Å². The minimum atomic E-state index is 0.330. The highest BCUT2D eigenvalue weighted by atomic mass is 16.3. The van der Waals surface area contributed by atoms with Gasteiger partial charge in [-0.2, -0.15) is 0 Å². The van der Waals surface area contributed by atoms with Crippen LogP contribution in [0.15, 0.2) is 65.3 Å². The van der Waals surface area contributed by atoms with Crippen molar-refractivity contribution in [3.05, 3.63) is 72.6 Å². The van der Waals surface area contributed by atoms with E-state index in [-0.39, 0.29) is 0 Å². The van der Waals surface area contributed by atoms with Gasteiger partial charge >= 0.3 is 0 Å². The van der Waals surface area contributed by atoms with Gasteiger partial charge in [-0.3, -0.25) is 0 Å². The number of rotatable bonds is 4. The van der Waals surface area contributed by atoms with Crippen LogP contribution in [0.1, 0.15) is 49.4 Å². The van der Waals surface area contributed by atoms with Crippen molar-refractivity contribution in [1.29, 1.82) is 0 Å². The molecule has 2 fully saturated rings. The highest BCUT2D eigenvalue weighted by Gasteiger charge is 2.21. The Morgan fingerprint density at radius 2 is 1.32 bits per heavy atom. The van der Waals surface area contributed by atoms with Crippen molar-refractivity contribution < 1.29 is 4.42 Å². The van der Waals surface area contributed by atoms with E-state index in [1.807, 2.05) is 12.4 Å². The van der Waals surface area contributed by atoms with Crippen LogP contribution in [0, 0.1) is 0 Å². The Morgan fingerprint density at radius 1 is 0.676 bits per heavy atom. The number of hydrogen-bond acceptors (Lipinski definition) is 5. The standard InChI is InChI=1S/C30H28N6O/c1-3-23(31-11-1)29-33-15-25(35-29)18-6-8-20-17(13-18)5-9-21-22-14-19(7-10-27(22)37-28(20)21)26-16-34-30(36-26)24-4-2-12-32-24/h5-10,13-16,23-24,31-32H,1-4,11-12H2,(H,33,35)(H,34,36). The number of fused-ring (bicyclic) bond motifs is 5. The Labute approximate surface area is 213 Å². The molecule has 7 nitrogen and oxygen atoms in total. The predicted molar refractivity (Wildman–Crippen MR) is 146 cm³/mol. The van der Waals surface area contributed by atoms with Gasteiger partial charge in [0, 0.05) is 27.3 Å². The van der Waals surface area contributed by atoms with E-state index in [0.29, 0.717) is 12.1 Å². The second-order valence-electron chi connectivity index (χ2n) is 10.4. The first-order chi connectivity index (χ1) is 18.3. The number of aromatic amines is 2. The molecule has 2 aliphatic heterocycles. The highest BCUT2D eigenvalue weighted by Crippen LogP contribution is 2.37. The summed E-state index contributed by atoms with van der Waals surface area (Å²) in [5, 5.41) is 11.6. The van der Waals surface area contributed by atoms with Gasteiger partial charge in [0.25, 0.3) is 0 Å². The molecule has 4 N–H and O–H groups in total. The number of furan rings is 1. The summed E-state index contributed by atoms with van der Waals surface area (Å²) in [6, 6.07) is 18.0. The summed E-state index contributed by atoms with van der Waals surface area (Å²) in [7, 11) is 0. The molecule has 2 saturated heterocycles. The molecule has 2 unspecified atom stereocenters. The highest BCUT2D eigenvalue weighted by molar-refractivity contribution is 6.15. The van der Waals surface area contributed by atoms with E-state index in [1.165, 1.54) is 12.8 Å². The molecule has 0 bridgehead atoms. The van der Waals surface area contributed by atoms with Gasteiger partial charge in [-0.1, -0.05) is 12.1 Å². The number of benzene rings is 3. The summed E-state index contributed by atoms with van der Waals surface area (Å²) >= 11 is 0. The first-order valence-electron chi connectivity index (χ1n) is 13.3. The van der Waals surface area contributed by atoms with Gasteiger partial charge in [0.2, 0.25) is 0 Å². The van der Waals surface area contributed by atoms with Gasteiger partial charge in [0.15, 0.2) is 0 Å². The molecule has 2 aliphatic rings. The number of nitrogens with one attached hydrogen (secondary N) is 4. The van der Waals surface area contributed by atoms with Crippen molar-refractivity contribution in [2.24, 2.45) is 0 Å². The van der Waals surface area contributed by atoms with E-state index in [4.69, 9.17) is 4.42 Å². The molecule has 37 heavy (non-hydrogen) atoms. The zero-order valence-corrected chi connectivity index (χ0v) is 20.5. The van der Waals surface area contributed by atoms with Crippen molar-refractivity contribution in [1.82, 2.24) is 30.6 Å². The lowest BCUT2D eigenvalue weighted by Crippen LogP contribution is -2.14. The number of H-pyrrole nitrogens is 2. The lowest BCUT2D eigenvalue weighted by molar-refractivity contribution is 0.613. The Hall–Kier alpha value is -3.94. The van der Waals surface area contributed by atoms with E-state index >= 15 is 0 Å². The molecule has 0 saturated carbocycles. The molecule has 3 aromatic carbocycles. The second kappa shape index (κ2) is 8.30. The van der Waals surface area contributed by atoms with Crippen LogP contribution in [0.25, 0.3) is 55.2 Å². The number of nitrogens with zero attached hydrogens (tertiary/aromatic N) is 2. The van der Waals surface area contributed by atoms with Crippen molar-refractivity contribution in [2.75, 3.05) is 13.1 Å². The zero-order valence-electron chi connectivity index (χ0n) is 20.5. The van der Waals surface area contributed by atoms with E-state index in [9.17, 15) is 0 Å². The molecular weight excluding hydrogens is 460 g/mol. The maximum atomic E-state index is 6.40. The molecule has 2 atom stereocenters. The lowest BCUT2D eigenvalue weighted by Gasteiger charge is -2.06. The summed E-state index contributed by atoms with van der Waals surface area (Å²) < 4.78 is 6.40. The first kappa shape index (κ1) is 21.2. The van der Waals surface area contributed by atoms with Gasteiger partial charge in [0.05, 0.1) is 35.9 Å². The minimum Gasteiger partial charge on any atom is -0.455 e. The molecule has 8 rings (SSSR count). The number of aromatic nitrogens is 4. The van der Waals surface area contributed by atoms with Crippen LogP contribution in [-0.2, 0) is 0 Å². The Balaban J connectivity index is 1.16. The topological polar surface area (TPSA) is 94.6 Å². The third kappa shape index (κ3) is 3.49. The van der Waals surface area contributed by atoms with Gasteiger partial charge in [0.1, 0.15) is 22.8 Å². The van der Waals surface area contributed by atoms with Gasteiger partial charge in [-0.25, -0.2) is 9.97 Å². The maximum Gasteiger partial charge on any atom is 0.143 e. The van der Waals surface area contributed by atoms with Crippen molar-refractivity contribution in [3.63, 3.8) is 0 Å². The van der Waals surface area contributed by atoms with Crippen LogP contribution in [0.3, 0.4) is 0 Å². The number of hydrogen-bond donors (Lipinski definition) is 4. The molecular formula is C30H28N6O. The summed E-state index contributed by atoms with van der Waals surface area (Å²) in [6.45, 7) is 2.12. The lowest BCUT2D eigenvalue weighted by atomic mass is 10.0. The fourth-order valence-corrected chi connectivity index (χ4v) is 6.05. The number of imidazole rings is 2. The summed E-state index contributed by atoms with van der Waals surface area (Å²) in [4.78, 5) is 16.4. The van der Waals surface area contributed by atoms with E-state index in [2.05, 4.69) is 79.1 Å². The van der Waals surface area contributed by atoms with Crippen LogP contribution in [0.4, 0.5) is 0 Å². The molecule has 0 amide bonds. The van der Waals surface area contributed by atoms with Gasteiger partial charge in [-0.15, -0.1) is 0 Å². The van der Waals surface area contributed by atoms with Crippen LogP contribution in [-0.4, -0.2) is 33.0 Å². The van der Waals surface area contributed by atoms with Crippen LogP contribution < -0.4 is 10.6 Å². The molecule has 7 heteroatoms.